The number of fused-ring (bicyclic) bond motifs is 6. The number of aromatic nitrogens is 1. The molecule has 0 radical (unpaired) electrons. The molecule has 5 aromatic rings. The Hall–Kier alpha value is -3.33. The normalized spacial score (nSPS) is 11.5. The second-order valence-corrected chi connectivity index (χ2v) is 6.47. The summed E-state index contributed by atoms with van der Waals surface area (Å²) in [6.45, 7) is 0. The molecule has 3 heteroatoms. The molecule has 0 saturated carbocycles. The molecular weight excluding hydrogens is 322 g/mol. The number of nitrogens with zero attached hydrogens (tertiary/aromatic N) is 1. The quantitative estimate of drug-likeness (QED) is 0.259. The molecule has 0 unspecified atom stereocenters. The Balaban J connectivity index is 1.91. The van der Waals surface area contributed by atoms with Crippen LogP contribution in [-0.2, 0) is 0 Å². The van der Waals surface area contributed by atoms with E-state index in [0.717, 1.165) is 27.8 Å². The summed E-state index contributed by atoms with van der Waals surface area (Å²) in [5.41, 5.74) is 1.14. The highest BCUT2D eigenvalue weighted by molar-refractivity contribution is 6.08. The third-order valence-corrected chi connectivity index (χ3v) is 5.09. The van der Waals surface area contributed by atoms with E-state index in [9.17, 15) is 0 Å². The Labute approximate surface area is 151 Å². The van der Waals surface area contributed by atoms with Crippen LogP contribution in [0.5, 0.6) is 11.5 Å². The zero-order valence-electron chi connectivity index (χ0n) is 14.7. The minimum Gasteiger partial charge on any atom is -0.493 e. The fourth-order valence-corrected chi connectivity index (χ4v) is 3.77. The van der Waals surface area contributed by atoms with Crippen LogP contribution in [0.4, 0.5) is 0 Å². The van der Waals surface area contributed by atoms with Gasteiger partial charge in [0.25, 0.3) is 0 Å². The predicted molar refractivity (Wildman–Crippen MR) is 105 cm³/mol. The van der Waals surface area contributed by atoms with Crippen molar-refractivity contribution in [1.29, 1.82) is 0 Å². The van der Waals surface area contributed by atoms with Gasteiger partial charge in [0.2, 0.25) is 5.52 Å². The van der Waals surface area contributed by atoms with E-state index in [1.807, 2.05) is 6.07 Å². The van der Waals surface area contributed by atoms with Gasteiger partial charge in [0, 0.05) is 12.1 Å². The summed E-state index contributed by atoms with van der Waals surface area (Å²) in [4.78, 5) is 0. The van der Waals surface area contributed by atoms with Gasteiger partial charge in [-0.1, -0.05) is 36.4 Å². The molecule has 0 N–H and O–H groups in total. The SMILES string of the molecule is COc1cc2cc[n+]3cc4c(ccc5ccccc54)cc3c2cc1OC. The van der Waals surface area contributed by atoms with Crippen molar-refractivity contribution in [3.63, 3.8) is 0 Å². The third-order valence-electron chi connectivity index (χ3n) is 5.09. The van der Waals surface area contributed by atoms with Crippen LogP contribution in [-0.4, -0.2) is 14.2 Å². The first kappa shape index (κ1) is 15.0. The Morgan fingerprint density at radius 3 is 2.23 bits per heavy atom. The van der Waals surface area contributed by atoms with E-state index in [1.165, 1.54) is 21.5 Å². The topological polar surface area (TPSA) is 22.6 Å². The van der Waals surface area contributed by atoms with Gasteiger partial charge in [-0.15, -0.1) is 0 Å². The van der Waals surface area contributed by atoms with Crippen LogP contribution in [0.25, 0.3) is 37.8 Å². The molecular formula is C23H18NO2+. The Morgan fingerprint density at radius 2 is 1.38 bits per heavy atom. The van der Waals surface area contributed by atoms with E-state index in [0.29, 0.717) is 0 Å². The highest BCUT2D eigenvalue weighted by atomic mass is 16.5. The van der Waals surface area contributed by atoms with Crippen LogP contribution >= 0.6 is 0 Å². The van der Waals surface area contributed by atoms with Gasteiger partial charge in [0.05, 0.1) is 25.0 Å². The van der Waals surface area contributed by atoms with E-state index in [4.69, 9.17) is 9.47 Å². The molecule has 3 aromatic carbocycles. The van der Waals surface area contributed by atoms with E-state index in [2.05, 4.69) is 71.4 Å². The van der Waals surface area contributed by atoms with Gasteiger partial charge in [0.15, 0.2) is 23.9 Å². The lowest BCUT2D eigenvalue weighted by molar-refractivity contribution is -0.509. The van der Waals surface area contributed by atoms with Crippen molar-refractivity contribution in [2.45, 2.75) is 0 Å². The van der Waals surface area contributed by atoms with Crippen molar-refractivity contribution in [3.05, 3.63) is 73.1 Å². The zero-order chi connectivity index (χ0) is 17.7. The molecule has 5 rings (SSSR count). The monoisotopic (exact) mass is 340 g/mol. The number of ether oxygens (including phenoxy) is 2. The van der Waals surface area contributed by atoms with E-state index >= 15 is 0 Å². The second kappa shape index (κ2) is 5.60. The van der Waals surface area contributed by atoms with Crippen LogP contribution < -0.4 is 13.9 Å². The number of pyridine rings is 2. The summed E-state index contributed by atoms with van der Waals surface area (Å²) < 4.78 is 13.1. The van der Waals surface area contributed by atoms with Crippen LogP contribution in [0, 0.1) is 0 Å². The summed E-state index contributed by atoms with van der Waals surface area (Å²) in [6, 6.07) is 21.3. The average Bonchev–Trinajstić information content (AvgIpc) is 2.71. The van der Waals surface area contributed by atoms with E-state index < -0.39 is 0 Å². The molecule has 0 aliphatic rings. The van der Waals surface area contributed by atoms with Gasteiger partial charge in [-0.05, 0) is 33.7 Å². The third kappa shape index (κ3) is 2.10. The van der Waals surface area contributed by atoms with Crippen molar-refractivity contribution in [3.8, 4) is 11.5 Å². The molecule has 0 saturated heterocycles. The Bertz CT molecular complexity index is 1310. The summed E-state index contributed by atoms with van der Waals surface area (Å²) in [6.07, 6.45) is 4.31. The minimum absolute atomic E-state index is 0.742. The molecule has 2 aromatic heterocycles. The molecule has 0 aliphatic heterocycles. The lowest BCUT2D eigenvalue weighted by Crippen LogP contribution is -2.20. The highest BCUT2D eigenvalue weighted by Crippen LogP contribution is 2.34. The molecule has 26 heavy (non-hydrogen) atoms. The molecule has 0 amide bonds. The largest absolute Gasteiger partial charge is 0.493 e. The average molecular weight is 340 g/mol. The van der Waals surface area contributed by atoms with Crippen molar-refractivity contribution < 1.29 is 13.9 Å². The summed E-state index contributed by atoms with van der Waals surface area (Å²) in [5, 5.41) is 7.27. The zero-order valence-corrected chi connectivity index (χ0v) is 14.7. The number of rotatable bonds is 2. The maximum absolute atomic E-state index is 5.50. The van der Waals surface area contributed by atoms with Gasteiger partial charge in [-0.25, -0.2) is 0 Å². The summed E-state index contributed by atoms with van der Waals surface area (Å²) in [5.74, 6) is 1.49. The second-order valence-electron chi connectivity index (χ2n) is 6.47. The molecule has 3 nitrogen and oxygen atoms in total. The fraction of sp³-hybridized carbons (Fsp3) is 0.0870. The van der Waals surface area contributed by atoms with E-state index in [1.54, 1.807) is 14.2 Å². The summed E-state index contributed by atoms with van der Waals surface area (Å²) in [7, 11) is 3.33. The first-order valence-electron chi connectivity index (χ1n) is 8.60. The fourth-order valence-electron chi connectivity index (χ4n) is 3.77. The number of methoxy groups -OCH3 is 2. The molecule has 0 atom stereocenters. The highest BCUT2D eigenvalue weighted by Gasteiger charge is 2.15. The van der Waals surface area contributed by atoms with Crippen LogP contribution in [0.2, 0.25) is 0 Å². The molecule has 0 aliphatic carbocycles. The lowest BCUT2D eigenvalue weighted by Gasteiger charge is -2.09. The van der Waals surface area contributed by atoms with Crippen molar-refractivity contribution in [1.82, 2.24) is 0 Å². The van der Waals surface area contributed by atoms with Gasteiger partial charge in [0.1, 0.15) is 0 Å². The first-order chi connectivity index (χ1) is 12.8. The summed E-state index contributed by atoms with van der Waals surface area (Å²) >= 11 is 0. The number of hydrogen-bond donors (Lipinski definition) is 0. The van der Waals surface area contributed by atoms with Gasteiger partial charge < -0.3 is 9.47 Å². The number of hydrogen-bond acceptors (Lipinski definition) is 2. The van der Waals surface area contributed by atoms with Crippen molar-refractivity contribution >= 4 is 37.8 Å². The van der Waals surface area contributed by atoms with Crippen molar-refractivity contribution in [2.75, 3.05) is 14.2 Å². The molecule has 0 bridgehead atoms. The molecule has 126 valence electrons. The van der Waals surface area contributed by atoms with Crippen LogP contribution in [0.15, 0.2) is 73.1 Å². The maximum atomic E-state index is 5.50. The van der Waals surface area contributed by atoms with Gasteiger partial charge in [-0.3, -0.25) is 0 Å². The minimum atomic E-state index is 0.742. The van der Waals surface area contributed by atoms with E-state index in [-0.39, 0.29) is 0 Å². The lowest BCUT2D eigenvalue weighted by atomic mass is 10.0. The first-order valence-corrected chi connectivity index (χ1v) is 8.60. The Morgan fingerprint density at radius 1 is 0.654 bits per heavy atom. The maximum Gasteiger partial charge on any atom is 0.219 e. The smallest absolute Gasteiger partial charge is 0.219 e. The van der Waals surface area contributed by atoms with Crippen LogP contribution in [0.3, 0.4) is 0 Å². The predicted octanol–water partition coefficient (Wildman–Crippen LogP) is 4.90. The standard InChI is InChI=1S/C23H18NO2/c1-25-22-12-17-9-10-24-14-20-16(8-7-15-5-3-4-6-18(15)20)11-21(24)19(17)13-23(22)26-2/h3-14H,1-2H3/q+1. The molecule has 2 heterocycles. The van der Waals surface area contributed by atoms with Gasteiger partial charge in [-0.2, -0.15) is 4.40 Å². The van der Waals surface area contributed by atoms with Gasteiger partial charge >= 0.3 is 0 Å². The Kier molecular flexibility index (Phi) is 3.22. The van der Waals surface area contributed by atoms with Crippen molar-refractivity contribution in [2.24, 2.45) is 0 Å². The molecule has 0 fully saturated rings. The van der Waals surface area contributed by atoms with Crippen LogP contribution in [0.1, 0.15) is 0 Å². The number of benzene rings is 3. The molecule has 0 spiro atoms.